The lowest BCUT2D eigenvalue weighted by atomic mass is 9.90. The highest BCUT2D eigenvalue weighted by Gasteiger charge is 2.36. The number of non-ortho nitro benzene ring substituents is 1. The average Bonchev–Trinajstić information content (AvgIpc) is 3.81. The summed E-state index contributed by atoms with van der Waals surface area (Å²) < 4.78 is 38.8. The Labute approximate surface area is 430 Å². The van der Waals surface area contributed by atoms with Gasteiger partial charge in [0, 0.05) is 94.0 Å². The van der Waals surface area contributed by atoms with Crippen molar-refractivity contribution in [1.82, 2.24) is 20.2 Å². The van der Waals surface area contributed by atoms with Crippen molar-refractivity contribution in [3.8, 4) is 17.6 Å². The van der Waals surface area contributed by atoms with Crippen molar-refractivity contribution in [2.45, 2.75) is 96.2 Å². The highest BCUT2D eigenvalue weighted by Crippen LogP contribution is 2.47. The normalized spacial score (nSPS) is 17.8. The van der Waals surface area contributed by atoms with Gasteiger partial charge in [-0.1, -0.05) is 6.58 Å². The van der Waals surface area contributed by atoms with E-state index >= 15 is 0 Å². The van der Waals surface area contributed by atoms with Gasteiger partial charge < -0.3 is 43.9 Å². The fourth-order valence-electron chi connectivity index (χ4n) is 8.73. The lowest BCUT2D eigenvalue weighted by Crippen LogP contribution is -2.34. The number of methoxy groups -OCH3 is 1. The number of aromatic nitrogens is 2. The van der Waals surface area contributed by atoms with Crippen LogP contribution in [-0.2, 0) is 38.0 Å². The molecule has 2 unspecified atom stereocenters. The largest absolute Gasteiger partial charge is 0.494 e. The summed E-state index contributed by atoms with van der Waals surface area (Å²) in [5.74, 6) is 0.924. The predicted molar refractivity (Wildman–Crippen MR) is 278 cm³/mol. The van der Waals surface area contributed by atoms with Gasteiger partial charge in [-0.15, -0.1) is 15.3 Å². The number of carbonyl (C=O) groups excluding carboxylic acids is 1. The number of aliphatic hydroxyl groups is 1. The Hall–Kier alpha value is -7.15. The zero-order chi connectivity index (χ0) is 53.3. The van der Waals surface area contributed by atoms with E-state index in [1.54, 1.807) is 24.9 Å². The number of amides is 1. The Bertz CT molecular complexity index is 2920. The number of nitro benzene ring substituents is 1. The first-order valence-electron chi connectivity index (χ1n) is 25.1. The number of ether oxygens (including phenoxy) is 3. The number of unbranched alkanes of at least 4 members (excludes halogenated alkanes) is 2. The van der Waals surface area contributed by atoms with Crippen LogP contribution < -0.4 is 36.3 Å². The van der Waals surface area contributed by atoms with Gasteiger partial charge in [0.25, 0.3) is 11.2 Å². The van der Waals surface area contributed by atoms with E-state index in [0.29, 0.717) is 84.5 Å². The third-order valence-corrected chi connectivity index (χ3v) is 13.5. The number of hydrogen-bond acceptors (Lipinski definition) is 18. The van der Waals surface area contributed by atoms with Crippen molar-refractivity contribution in [3.05, 3.63) is 120 Å². The molecule has 1 aromatic heterocycles. The summed E-state index contributed by atoms with van der Waals surface area (Å²) in [6, 6.07) is 12.9. The summed E-state index contributed by atoms with van der Waals surface area (Å²) in [7, 11) is 0.148. The second-order valence-corrected chi connectivity index (χ2v) is 19.0. The molecule has 392 valence electrons. The molecule has 4 atom stereocenters. The van der Waals surface area contributed by atoms with Crippen LogP contribution in [0.3, 0.4) is 0 Å². The summed E-state index contributed by atoms with van der Waals surface area (Å²) >= 11 is 0. The van der Waals surface area contributed by atoms with Gasteiger partial charge in [-0.25, -0.2) is 4.79 Å². The summed E-state index contributed by atoms with van der Waals surface area (Å²) in [4.78, 5) is 53.6. The van der Waals surface area contributed by atoms with Crippen LogP contribution in [0.15, 0.2) is 97.1 Å². The number of nitrogens with zero attached hydrogens (tertiary/aromatic N) is 8. The van der Waals surface area contributed by atoms with Crippen LogP contribution in [0.2, 0.25) is 0 Å². The number of aryl methyl sites for hydroxylation is 1. The summed E-state index contributed by atoms with van der Waals surface area (Å²) in [6.07, 6.45) is 9.27. The number of aliphatic hydroxyl groups excluding tert-OH is 1. The van der Waals surface area contributed by atoms with Crippen molar-refractivity contribution in [2.75, 3.05) is 58.1 Å². The topological polar surface area (TPSA) is 282 Å². The molecule has 0 aliphatic carbocycles. The molecule has 1 amide bonds. The number of anilines is 1. The number of benzene rings is 3. The smallest absolute Gasteiger partial charge is 0.330 e. The number of rotatable bonds is 26. The van der Waals surface area contributed by atoms with Crippen LogP contribution in [0, 0.1) is 21.4 Å². The Kier molecular flexibility index (Phi) is 19.2. The van der Waals surface area contributed by atoms with Gasteiger partial charge in [0.1, 0.15) is 23.4 Å². The number of nitro groups is 1. The molecule has 0 spiro atoms. The molecule has 4 heterocycles. The highest BCUT2D eigenvalue weighted by atomic mass is 31.2. The zero-order valence-electron chi connectivity index (χ0n) is 42.5. The SMILES string of the molecule is [2H]C[C@H]1O[C@@H](n2cc(/C=C/C(=C)NCCNC(=O)CCCCCOc3c(N=Nc4cc(OC)c(N=Nc5ccc([N+](=O)[O-])cc5)cc4CO)cc4c5c3CCCN5CCC4)c(=O)[nH]c2=O)CC1OP(C)OCCC#N. The minimum Gasteiger partial charge on any atom is -0.494 e. The summed E-state index contributed by atoms with van der Waals surface area (Å²) in [6.45, 7) is 8.58. The van der Waals surface area contributed by atoms with Crippen molar-refractivity contribution < 1.29 is 39.5 Å². The van der Waals surface area contributed by atoms with Gasteiger partial charge in [-0.2, -0.15) is 10.4 Å². The van der Waals surface area contributed by atoms with Crippen LogP contribution in [0.1, 0.15) is 88.1 Å². The first-order chi connectivity index (χ1) is 36.4. The summed E-state index contributed by atoms with van der Waals surface area (Å²) in [5.41, 5.74) is 4.99. The lowest BCUT2D eigenvalue weighted by molar-refractivity contribution is -0.384. The molecule has 4 N–H and O–H groups in total. The first-order valence-corrected chi connectivity index (χ1v) is 26.1. The lowest BCUT2D eigenvalue weighted by Gasteiger charge is -2.37. The molecule has 3 aliphatic heterocycles. The van der Waals surface area contributed by atoms with Crippen molar-refractivity contribution >= 4 is 54.5 Å². The predicted octanol–water partition coefficient (Wildman–Crippen LogP) is 8.91. The number of allylic oxidation sites excluding steroid dienone is 1. The fraction of sp³-hybridized carbons (Fsp3) is 0.451. The van der Waals surface area contributed by atoms with Crippen LogP contribution in [0.5, 0.6) is 11.5 Å². The second-order valence-electron chi connectivity index (χ2n) is 17.6. The molecule has 0 radical (unpaired) electrons. The van der Waals surface area contributed by atoms with E-state index in [0.717, 1.165) is 50.8 Å². The Balaban J connectivity index is 0.880. The number of carbonyl (C=O) groups is 1. The number of nitrogens with one attached hydrogen (secondary N) is 3. The van der Waals surface area contributed by atoms with Gasteiger partial charge in [0.2, 0.25) is 5.91 Å². The fourth-order valence-corrected chi connectivity index (χ4v) is 9.75. The maximum Gasteiger partial charge on any atom is 0.330 e. The van der Waals surface area contributed by atoms with Crippen molar-refractivity contribution in [3.63, 3.8) is 0 Å². The molecule has 22 nitrogen and oxygen atoms in total. The van der Waals surface area contributed by atoms with Crippen LogP contribution in [-0.4, -0.2) is 90.9 Å². The van der Waals surface area contributed by atoms with E-state index in [1.165, 1.54) is 59.5 Å². The number of hydrogen-bond donors (Lipinski definition) is 4. The molecule has 0 bridgehead atoms. The van der Waals surface area contributed by atoms with E-state index in [-0.39, 0.29) is 50.1 Å². The maximum atomic E-state index is 12.8. The second kappa shape index (κ2) is 26.7. The third-order valence-electron chi connectivity index (χ3n) is 12.4. The summed E-state index contributed by atoms with van der Waals surface area (Å²) in [5, 5.41) is 54.0. The quantitative estimate of drug-likeness (QED) is 0.0114. The minimum atomic E-state index is -1.33. The van der Waals surface area contributed by atoms with Gasteiger partial charge in [0.05, 0.1) is 73.5 Å². The first kappa shape index (κ1) is 53.2. The average molecular weight is 1040 g/mol. The van der Waals surface area contributed by atoms with Crippen molar-refractivity contribution in [2.24, 2.45) is 20.5 Å². The number of azo groups is 2. The molecule has 0 saturated carbocycles. The van der Waals surface area contributed by atoms with Crippen LogP contribution in [0.4, 0.5) is 34.1 Å². The molecule has 4 aromatic rings. The number of aromatic amines is 1. The molecule has 23 heteroatoms. The van der Waals surface area contributed by atoms with Crippen LogP contribution >= 0.6 is 8.38 Å². The van der Waals surface area contributed by atoms with E-state index in [9.17, 15) is 29.6 Å². The van der Waals surface area contributed by atoms with Gasteiger partial charge in [-0.3, -0.25) is 29.3 Å². The van der Waals surface area contributed by atoms with Gasteiger partial charge in [-0.05, 0) is 93.8 Å². The van der Waals surface area contributed by atoms with Gasteiger partial charge >= 0.3 is 5.69 Å². The standard InChI is InChI=1S/C51H62N11O11P/c1-33(14-15-36-31-61(51(66)55-50(36)65)47-30-44(34(2)72-47)73-74(4)71-26-10-20-52)53-21-22-54-46(64)13-6-5-7-25-70-49-40-12-9-24-60-23-8-11-35(48(40)60)27-43(49)59-57-41-29-45(69-3)42(28-37(41)32-63)58-56-38-16-18-39(19-17-38)62(67)68/h14-19,27-29,31,34,44,47,53,63H,1,5-13,21-26,30,32H2,2-4H3,(H,54,64)(H,55,65,66)/b15-14+,58-56?,59-57?/t34-,44?,47-,74?/m1/s1/i2D. The number of nitriles is 1. The van der Waals surface area contributed by atoms with E-state index in [2.05, 4.69) is 42.4 Å². The molecule has 1 saturated heterocycles. The van der Waals surface area contributed by atoms with E-state index in [1.807, 2.05) is 12.1 Å². The van der Waals surface area contributed by atoms with E-state index < -0.39 is 43.0 Å². The molecule has 3 aliphatic rings. The molecule has 1 fully saturated rings. The van der Waals surface area contributed by atoms with E-state index in [4.69, 9.17) is 35.0 Å². The van der Waals surface area contributed by atoms with Crippen LogP contribution in [0.25, 0.3) is 6.08 Å². The Morgan fingerprint density at radius 2 is 1.84 bits per heavy atom. The molecular formula is C51H62N11O11P. The Morgan fingerprint density at radius 1 is 1.07 bits per heavy atom. The molecule has 7 rings (SSSR count). The molecule has 74 heavy (non-hydrogen) atoms. The van der Waals surface area contributed by atoms with Gasteiger partial charge in [0.15, 0.2) is 14.1 Å². The Morgan fingerprint density at radius 3 is 2.59 bits per heavy atom. The highest BCUT2D eigenvalue weighted by molar-refractivity contribution is 7.46. The van der Waals surface area contributed by atoms with Crippen molar-refractivity contribution in [1.29, 1.82) is 5.26 Å². The number of H-pyrrole nitrogens is 1. The zero-order valence-corrected chi connectivity index (χ0v) is 42.4. The molecular weight excluding hydrogens is 974 g/mol. The third kappa shape index (κ3) is 14.5. The monoisotopic (exact) mass is 1040 g/mol. The molecule has 3 aromatic carbocycles. The maximum absolute atomic E-state index is 12.8. The minimum absolute atomic E-state index is 0.0643.